The lowest BCUT2D eigenvalue weighted by Crippen LogP contribution is -2.30. The van der Waals surface area contributed by atoms with Gasteiger partial charge in [-0.3, -0.25) is 9.59 Å². The molecule has 0 spiro atoms. The van der Waals surface area contributed by atoms with E-state index in [-0.39, 0.29) is 10.8 Å². The average Bonchev–Trinajstić information content (AvgIpc) is 3.34. The molecule has 4 bridgehead atoms. The molecule has 2 fully saturated rings. The molecule has 4 aliphatic carbocycles. The molecule has 6 unspecified atom stereocenters. The highest BCUT2D eigenvalue weighted by atomic mass is 32.2. The van der Waals surface area contributed by atoms with Crippen molar-refractivity contribution in [1.82, 2.24) is 0 Å². The molecule has 0 heterocycles. The summed E-state index contributed by atoms with van der Waals surface area (Å²) in [7, 11) is 0. The minimum atomic E-state index is -0.156. The summed E-state index contributed by atoms with van der Waals surface area (Å²) in [6, 6.07) is 0. The lowest BCUT2D eigenvalue weighted by molar-refractivity contribution is -0.120. The van der Waals surface area contributed by atoms with Crippen molar-refractivity contribution >= 4 is 45.5 Å². The summed E-state index contributed by atoms with van der Waals surface area (Å²) in [6.07, 6.45) is 13.4. The molecular weight excluding hydrogens is 368 g/mol. The molecule has 0 amide bonds. The second kappa shape index (κ2) is 6.79. The molecule has 6 atom stereocenters. The first-order valence-electron chi connectivity index (χ1n) is 9.21. The van der Waals surface area contributed by atoms with Crippen LogP contribution in [0.15, 0.2) is 24.3 Å². The fourth-order valence-corrected chi connectivity index (χ4v) is 8.75. The summed E-state index contributed by atoms with van der Waals surface area (Å²) in [5.41, 5.74) is -0.312. The third-order valence-electron chi connectivity index (χ3n) is 6.83. The molecule has 136 valence electrons. The van der Waals surface area contributed by atoms with Crippen LogP contribution in [0.3, 0.4) is 0 Å². The van der Waals surface area contributed by atoms with E-state index in [2.05, 4.69) is 38.2 Å². The predicted molar refractivity (Wildman–Crippen MR) is 109 cm³/mol. The topological polar surface area (TPSA) is 34.1 Å². The fourth-order valence-electron chi connectivity index (χ4n) is 5.21. The zero-order valence-corrected chi connectivity index (χ0v) is 17.4. The summed E-state index contributed by atoms with van der Waals surface area (Å²) < 4.78 is 0. The second-order valence-electron chi connectivity index (χ2n) is 8.52. The van der Waals surface area contributed by atoms with Gasteiger partial charge in [-0.2, -0.15) is 0 Å². The molecule has 0 aromatic heterocycles. The van der Waals surface area contributed by atoms with Gasteiger partial charge in [0.25, 0.3) is 0 Å². The van der Waals surface area contributed by atoms with Gasteiger partial charge in [0.05, 0.1) is 0 Å². The molecule has 2 saturated carbocycles. The minimum Gasteiger partial charge on any atom is -0.287 e. The van der Waals surface area contributed by atoms with Crippen LogP contribution in [0, 0.1) is 34.5 Å². The van der Waals surface area contributed by atoms with Gasteiger partial charge in [-0.1, -0.05) is 61.7 Å². The SMILES string of the molecule is CC1(C(=O)SCSCSC(=O)C2(C)CC3C=CC2C3)CC2C=CC1C2. The van der Waals surface area contributed by atoms with E-state index >= 15 is 0 Å². The van der Waals surface area contributed by atoms with Crippen LogP contribution in [-0.2, 0) is 9.59 Å². The Morgan fingerprint density at radius 3 is 1.60 bits per heavy atom. The van der Waals surface area contributed by atoms with Crippen LogP contribution in [-0.4, -0.2) is 20.4 Å². The van der Waals surface area contributed by atoms with E-state index in [0.29, 0.717) is 33.9 Å². The maximum absolute atomic E-state index is 12.6. The van der Waals surface area contributed by atoms with E-state index in [1.807, 2.05) is 0 Å². The van der Waals surface area contributed by atoms with Crippen LogP contribution < -0.4 is 0 Å². The van der Waals surface area contributed by atoms with E-state index in [4.69, 9.17) is 0 Å². The maximum atomic E-state index is 12.6. The Balaban J connectivity index is 1.18. The Bertz CT molecular complexity index is 589. The molecule has 0 N–H and O–H groups in total. The summed E-state index contributed by atoms with van der Waals surface area (Å²) in [5, 5.41) is 2.22. The van der Waals surface area contributed by atoms with Crippen LogP contribution in [0.1, 0.15) is 39.5 Å². The van der Waals surface area contributed by atoms with Crippen molar-refractivity contribution in [1.29, 1.82) is 0 Å². The Hall–Kier alpha value is -0.130. The molecule has 4 aliphatic rings. The van der Waals surface area contributed by atoms with Crippen LogP contribution in [0.25, 0.3) is 0 Å². The van der Waals surface area contributed by atoms with E-state index in [0.717, 1.165) is 35.9 Å². The summed E-state index contributed by atoms with van der Waals surface area (Å²) >= 11 is 4.64. The Morgan fingerprint density at radius 1 is 0.840 bits per heavy atom. The van der Waals surface area contributed by atoms with Gasteiger partial charge in [-0.05, 0) is 49.4 Å². The third kappa shape index (κ3) is 3.19. The highest BCUT2D eigenvalue weighted by molar-refractivity contribution is 8.30. The van der Waals surface area contributed by atoms with Crippen molar-refractivity contribution in [3.05, 3.63) is 24.3 Å². The number of carbonyl (C=O) groups is 2. The van der Waals surface area contributed by atoms with Crippen LogP contribution in [0.5, 0.6) is 0 Å². The maximum Gasteiger partial charge on any atom is 0.196 e. The molecule has 25 heavy (non-hydrogen) atoms. The van der Waals surface area contributed by atoms with Crippen molar-refractivity contribution < 1.29 is 9.59 Å². The third-order valence-corrected chi connectivity index (χ3v) is 10.6. The van der Waals surface area contributed by atoms with E-state index in [1.54, 1.807) is 11.8 Å². The molecule has 0 aliphatic heterocycles. The summed E-state index contributed by atoms with van der Waals surface area (Å²) in [5.74, 6) is 2.14. The van der Waals surface area contributed by atoms with E-state index < -0.39 is 0 Å². The lowest BCUT2D eigenvalue weighted by atomic mass is 9.79. The van der Waals surface area contributed by atoms with Crippen molar-refractivity contribution in [3.8, 4) is 0 Å². The highest BCUT2D eigenvalue weighted by Gasteiger charge is 2.50. The van der Waals surface area contributed by atoms with Gasteiger partial charge in [-0.25, -0.2) is 0 Å². The quantitative estimate of drug-likeness (QED) is 0.344. The normalized spacial score (nSPS) is 43.3. The highest BCUT2D eigenvalue weighted by Crippen LogP contribution is 2.55. The van der Waals surface area contributed by atoms with Gasteiger partial charge < -0.3 is 0 Å². The van der Waals surface area contributed by atoms with Crippen molar-refractivity contribution in [3.63, 3.8) is 0 Å². The number of carbonyl (C=O) groups excluding carboxylic acids is 2. The van der Waals surface area contributed by atoms with Crippen LogP contribution in [0.2, 0.25) is 0 Å². The van der Waals surface area contributed by atoms with Gasteiger partial charge in [-0.15, -0.1) is 11.8 Å². The van der Waals surface area contributed by atoms with Crippen molar-refractivity contribution in [2.75, 3.05) is 10.2 Å². The standard InChI is InChI=1S/C20H26O2S3/c1-19(9-13-3-5-15(19)7-13)17(21)24-11-23-12-25-18(22)20(2)10-14-4-6-16(20)8-14/h3-6,13-16H,7-12H2,1-2H3. The number of hydrogen-bond acceptors (Lipinski definition) is 5. The Kier molecular flexibility index (Phi) is 4.96. The first-order valence-corrected chi connectivity index (χ1v) is 12.3. The number of rotatable bonds is 6. The number of hydrogen-bond donors (Lipinski definition) is 0. The van der Waals surface area contributed by atoms with Gasteiger partial charge in [0.15, 0.2) is 10.2 Å². The van der Waals surface area contributed by atoms with Crippen LogP contribution >= 0.6 is 35.3 Å². The molecule has 4 rings (SSSR count). The summed E-state index contributed by atoms with van der Waals surface area (Å²) in [4.78, 5) is 25.3. The van der Waals surface area contributed by atoms with Gasteiger partial charge in [0.2, 0.25) is 0 Å². The smallest absolute Gasteiger partial charge is 0.196 e. The van der Waals surface area contributed by atoms with Gasteiger partial charge >= 0.3 is 0 Å². The largest absolute Gasteiger partial charge is 0.287 e. The summed E-state index contributed by atoms with van der Waals surface area (Å²) in [6.45, 7) is 4.28. The number of fused-ring (bicyclic) bond motifs is 4. The molecule has 5 heteroatoms. The van der Waals surface area contributed by atoms with E-state index in [1.165, 1.54) is 23.5 Å². The zero-order chi connectivity index (χ0) is 17.7. The lowest BCUT2D eigenvalue weighted by Gasteiger charge is -2.29. The van der Waals surface area contributed by atoms with E-state index in [9.17, 15) is 9.59 Å². The Morgan fingerprint density at radius 2 is 1.28 bits per heavy atom. The number of allylic oxidation sites excluding steroid dienone is 4. The average molecular weight is 395 g/mol. The fraction of sp³-hybridized carbons (Fsp3) is 0.700. The molecule has 2 nitrogen and oxygen atoms in total. The molecule has 0 aromatic carbocycles. The molecular formula is C20H26O2S3. The molecule has 0 saturated heterocycles. The van der Waals surface area contributed by atoms with Crippen LogP contribution in [0.4, 0.5) is 0 Å². The monoisotopic (exact) mass is 394 g/mol. The predicted octanol–water partition coefficient (Wildman–Crippen LogP) is 5.36. The van der Waals surface area contributed by atoms with Gasteiger partial charge in [0.1, 0.15) is 0 Å². The van der Waals surface area contributed by atoms with Crippen molar-refractivity contribution in [2.45, 2.75) is 39.5 Å². The zero-order valence-electron chi connectivity index (χ0n) is 14.9. The first kappa shape index (κ1) is 18.2. The first-order chi connectivity index (χ1) is 11.9. The number of thioether (sulfide) groups is 3. The molecule has 0 aromatic rings. The molecule has 0 radical (unpaired) electrons. The Labute approximate surface area is 163 Å². The second-order valence-corrected chi connectivity index (χ2v) is 12.1. The van der Waals surface area contributed by atoms with Gasteiger partial charge in [0, 0.05) is 21.0 Å². The minimum absolute atomic E-state index is 0.156. The van der Waals surface area contributed by atoms with Crippen molar-refractivity contribution in [2.24, 2.45) is 34.5 Å².